The topological polar surface area (TPSA) is 52.6 Å². The summed E-state index contributed by atoms with van der Waals surface area (Å²) in [7, 11) is 1.68. The molecule has 1 saturated carbocycles. The molecule has 2 N–H and O–H groups in total. The van der Waals surface area contributed by atoms with Crippen LogP contribution in [0.25, 0.3) is 0 Å². The quantitative estimate of drug-likeness (QED) is 0.890. The van der Waals surface area contributed by atoms with E-state index in [0.29, 0.717) is 12.5 Å². The van der Waals surface area contributed by atoms with Crippen LogP contribution in [-0.2, 0) is 0 Å². The third kappa shape index (κ3) is 3.85. The minimum Gasteiger partial charge on any atom is -0.392 e. The van der Waals surface area contributed by atoms with Gasteiger partial charge in [0.1, 0.15) is 0 Å². The smallest absolute Gasteiger partial charge is 0.317 e. The molecule has 104 valence electrons. The van der Waals surface area contributed by atoms with Crippen molar-refractivity contribution < 1.29 is 9.90 Å². The maximum absolute atomic E-state index is 11.8. The van der Waals surface area contributed by atoms with Crippen LogP contribution in [0.5, 0.6) is 0 Å². The zero-order valence-electron chi connectivity index (χ0n) is 11.1. The molecule has 3 atom stereocenters. The number of aliphatic hydroxyl groups excluding tert-OH is 1. The average molecular weight is 283 g/mol. The Morgan fingerprint density at radius 2 is 2.16 bits per heavy atom. The zero-order valence-corrected chi connectivity index (χ0v) is 11.9. The zero-order chi connectivity index (χ0) is 14.0. The van der Waals surface area contributed by atoms with E-state index < -0.39 is 6.10 Å². The average Bonchev–Trinajstić information content (AvgIpc) is 3.08. The number of hydrogen-bond donors (Lipinski definition) is 2. The molecule has 1 aromatic rings. The van der Waals surface area contributed by atoms with E-state index in [4.69, 9.17) is 11.6 Å². The van der Waals surface area contributed by atoms with E-state index in [1.807, 2.05) is 24.3 Å². The van der Waals surface area contributed by atoms with E-state index in [1.54, 1.807) is 14.0 Å². The van der Waals surface area contributed by atoms with Crippen LogP contribution in [0, 0.1) is 0 Å². The Hall–Kier alpha value is -1.26. The van der Waals surface area contributed by atoms with Crippen molar-refractivity contribution in [3.8, 4) is 0 Å². The van der Waals surface area contributed by atoms with Crippen LogP contribution in [0.15, 0.2) is 24.3 Å². The Kier molecular flexibility index (Phi) is 4.32. The number of rotatable bonds is 4. The number of carbonyl (C=O) groups is 1. The van der Waals surface area contributed by atoms with Crippen molar-refractivity contribution in [1.82, 2.24) is 10.2 Å². The van der Waals surface area contributed by atoms with Crippen LogP contribution >= 0.6 is 11.6 Å². The third-order valence-corrected chi connectivity index (χ3v) is 3.53. The van der Waals surface area contributed by atoms with Crippen LogP contribution in [0.4, 0.5) is 4.79 Å². The Morgan fingerprint density at radius 1 is 1.53 bits per heavy atom. The van der Waals surface area contributed by atoms with Gasteiger partial charge in [0, 0.05) is 30.6 Å². The minimum atomic E-state index is -0.512. The molecule has 0 spiro atoms. The fourth-order valence-electron chi connectivity index (χ4n) is 2.18. The highest BCUT2D eigenvalue weighted by Crippen LogP contribution is 2.41. The molecule has 1 aromatic carbocycles. The van der Waals surface area contributed by atoms with Gasteiger partial charge in [-0.1, -0.05) is 23.7 Å². The molecule has 19 heavy (non-hydrogen) atoms. The molecule has 0 bridgehead atoms. The highest BCUT2D eigenvalue weighted by Gasteiger charge is 2.39. The predicted octanol–water partition coefficient (Wildman–Crippen LogP) is 2.22. The van der Waals surface area contributed by atoms with Crippen molar-refractivity contribution in [2.45, 2.75) is 31.4 Å². The number of likely N-dealkylation sites (N-methyl/N-ethyl adjacent to an activating group) is 1. The molecule has 0 saturated heterocycles. The van der Waals surface area contributed by atoms with Crippen LogP contribution in [-0.4, -0.2) is 41.8 Å². The summed E-state index contributed by atoms with van der Waals surface area (Å²) in [5.74, 6) is 0.376. The molecule has 4 nitrogen and oxygen atoms in total. The molecule has 2 amide bonds. The highest BCUT2D eigenvalue weighted by molar-refractivity contribution is 6.30. The number of nitrogens with one attached hydrogen (secondary N) is 1. The summed E-state index contributed by atoms with van der Waals surface area (Å²) in [5, 5.41) is 12.9. The van der Waals surface area contributed by atoms with Crippen molar-refractivity contribution in [1.29, 1.82) is 0 Å². The van der Waals surface area contributed by atoms with Gasteiger partial charge in [0.25, 0.3) is 0 Å². The third-order valence-electron chi connectivity index (χ3n) is 3.28. The lowest BCUT2D eigenvalue weighted by Gasteiger charge is -2.19. The van der Waals surface area contributed by atoms with Gasteiger partial charge in [-0.2, -0.15) is 0 Å². The molecule has 0 aromatic heterocycles. The van der Waals surface area contributed by atoms with Gasteiger partial charge in [0.05, 0.1) is 6.10 Å². The van der Waals surface area contributed by atoms with Crippen molar-refractivity contribution in [3.05, 3.63) is 34.9 Å². The summed E-state index contributed by atoms with van der Waals surface area (Å²) < 4.78 is 0. The van der Waals surface area contributed by atoms with Gasteiger partial charge in [0.15, 0.2) is 0 Å². The molecule has 1 fully saturated rings. The minimum absolute atomic E-state index is 0.137. The number of hydrogen-bond acceptors (Lipinski definition) is 2. The van der Waals surface area contributed by atoms with E-state index in [9.17, 15) is 9.90 Å². The molecule has 2 rings (SSSR count). The van der Waals surface area contributed by atoms with Crippen LogP contribution in [0.3, 0.4) is 0 Å². The van der Waals surface area contributed by atoms with Gasteiger partial charge < -0.3 is 15.3 Å². The van der Waals surface area contributed by atoms with Crippen molar-refractivity contribution in [2.75, 3.05) is 13.6 Å². The van der Waals surface area contributed by atoms with E-state index in [2.05, 4.69) is 5.32 Å². The standard InChI is InChI=1S/C14H19ClN2O2/c1-9(18)8-17(2)14(19)16-13-7-12(13)10-3-5-11(15)6-4-10/h3-6,9,12-13,18H,7-8H2,1-2H3,(H,16,19). The van der Waals surface area contributed by atoms with Crippen LogP contribution < -0.4 is 5.32 Å². The summed E-state index contributed by atoms with van der Waals surface area (Å²) in [6.45, 7) is 2.00. The second kappa shape index (κ2) is 5.80. The molecule has 0 aliphatic heterocycles. The molecule has 0 heterocycles. The number of halogens is 1. The van der Waals surface area contributed by atoms with Gasteiger partial charge in [-0.15, -0.1) is 0 Å². The number of aliphatic hydroxyl groups is 1. The summed E-state index contributed by atoms with van der Waals surface area (Å²) in [6.07, 6.45) is 0.442. The van der Waals surface area contributed by atoms with Crippen LogP contribution in [0.2, 0.25) is 5.02 Å². The first-order valence-corrected chi connectivity index (χ1v) is 6.80. The van der Waals surface area contributed by atoms with Gasteiger partial charge >= 0.3 is 6.03 Å². The molecule has 1 aliphatic rings. The summed E-state index contributed by atoms with van der Waals surface area (Å²) in [6, 6.07) is 7.78. The Bertz CT molecular complexity index is 447. The lowest BCUT2D eigenvalue weighted by atomic mass is 10.1. The Balaban J connectivity index is 1.83. The second-order valence-corrected chi connectivity index (χ2v) is 5.62. The Morgan fingerprint density at radius 3 is 2.74 bits per heavy atom. The molecular weight excluding hydrogens is 264 g/mol. The molecule has 3 unspecified atom stereocenters. The first-order valence-electron chi connectivity index (χ1n) is 6.42. The van der Waals surface area contributed by atoms with Gasteiger partial charge in [0.2, 0.25) is 0 Å². The molecule has 1 aliphatic carbocycles. The van der Waals surface area contributed by atoms with E-state index in [-0.39, 0.29) is 12.1 Å². The van der Waals surface area contributed by atoms with Crippen molar-refractivity contribution in [3.63, 3.8) is 0 Å². The maximum atomic E-state index is 11.8. The molecule has 5 heteroatoms. The second-order valence-electron chi connectivity index (χ2n) is 5.18. The monoisotopic (exact) mass is 282 g/mol. The van der Waals surface area contributed by atoms with Gasteiger partial charge in [-0.05, 0) is 31.0 Å². The van der Waals surface area contributed by atoms with Gasteiger partial charge in [-0.3, -0.25) is 0 Å². The first-order chi connectivity index (χ1) is 8.97. The van der Waals surface area contributed by atoms with E-state index in [1.165, 1.54) is 10.5 Å². The van der Waals surface area contributed by atoms with Crippen molar-refractivity contribution >= 4 is 17.6 Å². The maximum Gasteiger partial charge on any atom is 0.317 e. The lowest BCUT2D eigenvalue weighted by molar-refractivity contribution is 0.143. The SMILES string of the molecule is CC(O)CN(C)C(=O)NC1CC1c1ccc(Cl)cc1. The molecular formula is C14H19ClN2O2. The Labute approximate surface area is 118 Å². The first kappa shape index (κ1) is 14.2. The highest BCUT2D eigenvalue weighted by atomic mass is 35.5. The largest absolute Gasteiger partial charge is 0.392 e. The number of carbonyl (C=O) groups excluding carboxylic acids is 1. The summed E-state index contributed by atoms with van der Waals surface area (Å²) in [5.41, 5.74) is 1.20. The number of nitrogens with zero attached hydrogens (tertiary/aromatic N) is 1. The van der Waals surface area contributed by atoms with Gasteiger partial charge in [-0.25, -0.2) is 4.79 Å². The predicted molar refractivity (Wildman–Crippen MR) is 75.4 cm³/mol. The van der Waals surface area contributed by atoms with Crippen molar-refractivity contribution in [2.24, 2.45) is 0 Å². The van der Waals surface area contributed by atoms with E-state index >= 15 is 0 Å². The summed E-state index contributed by atoms with van der Waals surface area (Å²) in [4.78, 5) is 13.3. The fraction of sp³-hybridized carbons (Fsp3) is 0.500. The molecule has 0 radical (unpaired) electrons. The normalized spacial score (nSPS) is 22.7. The van der Waals surface area contributed by atoms with E-state index in [0.717, 1.165) is 11.4 Å². The number of benzene rings is 1. The fourth-order valence-corrected chi connectivity index (χ4v) is 2.31. The number of urea groups is 1. The van der Waals surface area contributed by atoms with Crippen LogP contribution in [0.1, 0.15) is 24.8 Å². The summed E-state index contributed by atoms with van der Waals surface area (Å²) >= 11 is 5.85. The lowest BCUT2D eigenvalue weighted by Crippen LogP contribution is -2.41. The number of amides is 2.